The first kappa shape index (κ1) is 20.5. The summed E-state index contributed by atoms with van der Waals surface area (Å²) >= 11 is 0. The quantitative estimate of drug-likeness (QED) is 0.518. The molecule has 1 N–H and O–H groups in total. The van der Waals surface area contributed by atoms with Gasteiger partial charge in [0.25, 0.3) is 5.56 Å². The van der Waals surface area contributed by atoms with Crippen molar-refractivity contribution in [2.45, 2.75) is 31.5 Å². The van der Waals surface area contributed by atoms with Gasteiger partial charge in [-0.3, -0.25) is 19.2 Å². The maximum Gasteiger partial charge on any atom is 0.264 e. The van der Waals surface area contributed by atoms with Crippen LogP contribution < -0.4 is 5.56 Å². The first-order valence-corrected chi connectivity index (χ1v) is 10.5. The van der Waals surface area contributed by atoms with E-state index in [4.69, 9.17) is 0 Å². The average molecular weight is 434 g/mol. The minimum Gasteiger partial charge on any atom is -0.388 e. The van der Waals surface area contributed by atoms with E-state index in [1.54, 1.807) is 24.5 Å². The van der Waals surface area contributed by atoms with Crippen molar-refractivity contribution in [2.75, 3.05) is 13.1 Å². The minimum absolute atomic E-state index is 0.180. The van der Waals surface area contributed by atoms with Crippen molar-refractivity contribution >= 4 is 11.0 Å². The normalized spacial score (nSPS) is 16.4. The van der Waals surface area contributed by atoms with Gasteiger partial charge >= 0.3 is 0 Å². The molecule has 4 heterocycles. The molecule has 1 fully saturated rings. The lowest BCUT2D eigenvalue weighted by atomic mass is 9.91. The molecule has 0 spiro atoms. The van der Waals surface area contributed by atoms with Gasteiger partial charge in [0.15, 0.2) is 5.65 Å². The van der Waals surface area contributed by atoms with Crippen molar-refractivity contribution in [3.63, 3.8) is 0 Å². The van der Waals surface area contributed by atoms with Gasteiger partial charge in [-0.15, -0.1) is 0 Å². The van der Waals surface area contributed by atoms with Crippen LogP contribution in [-0.4, -0.2) is 53.0 Å². The monoisotopic (exact) mass is 434 g/mol. The Morgan fingerprint density at radius 1 is 1.06 bits per heavy atom. The van der Waals surface area contributed by atoms with Gasteiger partial charge in [-0.25, -0.2) is 14.1 Å². The molecule has 0 amide bonds. The van der Waals surface area contributed by atoms with Crippen molar-refractivity contribution in [1.29, 1.82) is 0 Å². The predicted molar refractivity (Wildman–Crippen MR) is 117 cm³/mol. The summed E-state index contributed by atoms with van der Waals surface area (Å²) < 4.78 is 16.2. The lowest BCUT2D eigenvalue weighted by molar-refractivity contribution is -0.0364. The minimum atomic E-state index is -0.971. The second-order valence-corrected chi connectivity index (χ2v) is 8.30. The van der Waals surface area contributed by atoms with Gasteiger partial charge in [0.1, 0.15) is 17.5 Å². The highest BCUT2D eigenvalue weighted by Crippen LogP contribution is 2.25. The Labute approximate surface area is 183 Å². The summed E-state index contributed by atoms with van der Waals surface area (Å²) in [6.07, 6.45) is 7.61. The number of hydrogen-bond donors (Lipinski definition) is 1. The maximum atomic E-state index is 13.2. The third-order valence-corrected chi connectivity index (χ3v) is 6.03. The first-order valence-electron chi connectivity index (χ1n) is 10.5. The Kier molecular flexibility index (Phi) is 5.28. The van der Waals surface area contributed by atoms with Crippen molar-refractivity contribution in [2.24, 2.45) is 0 Å². The lowest BCUT2D eigenvalue weighted by Gasteiger charge is -2.38. The van der Waals surface area contributed by atoms with E-state index in [9.17, 15) is 14.3 Å². The molecule has 9 heteroatoms. The van der Waals surface area contributed by atoms with Crippen molar-refractivity contribution in [3.8, 4) is 5.69 Å². The smallest absolute Gasteiger partial charge is 0.264 e. The van der Waals surface area contributed by atoms with Crippen molar-refractivity contribution in [3.05, 3.63) is 83.1 Å². The molecule has 1 aliphatic rings. The molecule has 8 nitrogen and oxygen atoms in total. The average Bonchev–Trinajstić information content (AvgIpc) is 3.24. The highest BCUT2D eigenvalue weighted by Gasteiger charge is 2.33. The van der Waals surface area contributed by atoms with Gasteiger partial charge in [0, 0.05) is 32.0 Å². The van der Waals surface area contributed by atoms with E-state index in [0.29, 0.717) is 29.6 Å². The summed E-state index contributed by atoms with van der Waals surface area (Å²) in [6.45, 7) is 2.48. The highest BCUT2D eigenvalue weighted by atomic mass is 19.1. The molecule has 0 unspecified atom stereocenters. The van der Waals surface area contributed by atoms with E-state index in [2.05, 4.69) is 20.0 Å². The summed E-state index contributed by atoms with van der Waals surface area (Å²) in [4.78, 5) is 23.8. The fourth-order valence-corrected chi connectivity index (χ4v) is 4.18. The van der Waals surface area contributed by atoms with Crippen LogP contribution in [0.3, 0.4) is 0 Å². The number of benzene rings is 1. The van der Waals surface area contributed by atoms with E-state index in [-0.39, 0.29) is 17.9 Å². The number of fused-ring (bicyclic) bond motifs is 1. The zero-order valence-electron chi connectivity index (χ0n) is 17.4. The zero-order chi connectivity index (χ0) is 22.1. The largest absolute Gasteiger partial charge is 0.388 e. The van der Waals surface area contributed by atoms with Crippen LogP contribution in [-0.2, 0) is 13.1 Å². The van der Waals surface area contributed by atoms with Gasteiger partial charge in [-0.05, 0) is 54.8 Å². The molecule has 0 radical (unpaired) electrons. The Morgan fingerprint density at radius 3 is 2.50 bits per heavy atom. The molecular weight excluding hydrogens is 411 g/mol. The molecule has 1 aromatic carbocycles. The van der Waals surface area contributed by atoms with Crippen LogP contribution in [0.4, 0.5) is 4.39 Å². The summed E-state index contributed by atoms with van der Waals surface area (Å²) in [5.41, 5.74) is 0.981. The summed E-state index contributed by atoms with van der Waals surface area (Å²) in [7, 11) is 0. The molecule has 0 saturated carbocycles. The van der Waals surface area contributed by atoms with Crippen molar-refractivity contribution in [1.82, 2.24) is 29.2 Å². The van der Waals surface area contributed by atoms with Crippen LogP contribution in [0.2, 0.25) is 0 Å². The SMILES string of the molecule is O=c1c2cnn(-c3ccc(F)cc3)c2ncn1CC1(O)CCN(Cc2ccncc2)CC1. The van der Waals surface area contributed by atoms with Gasteiger partial charge in [-0.2, -0.15) is 5.10 Å². The number of likely N-dealkylation sites (tertiary alicyclic amines) is 1. The van der Waals surface area contributed by atoms with E-state index in [1.165, 1.54) is 39.5 Å². The van der Waals surface area contributed by atoms with Crippen LogP contribution >= 0.6 is 0 Å². The fourth-order valence-electron chi connectivity index (χ4n) is 4.18. The molecule has 0 aliphatic carbocycles. The number of aromatic nitrogens is 5. The molecule has 4 aromatic rings. The van der Waals surface area contributed by atoms with Gasteiger partial charge < -0.3 is 5.11 Å². The van der Waals surface area contributed by atoms with Crippen LogP contribution in [0, 0.1) is 5.82 Å². The third-order valence-electron chi connectivity index (χ3n) is 6.03. The van der Waals surface area contributed by atoms with Crippen LogP contribution in [0.5, 0.6) is 0 Å². The predicted octanol–water partition coefficient (Wildman–Crippen LogP) is 2.14. The molecule has 1 saturated heterocycles. The molecule has 164 valence electrons. The Balaban J connectivity index is 1.32. The van der Waals surface area contributed by atoms with E-state index < -0.39 is 5.60 Å². The molecule has 5 rings (SSSR count). The summed E-state index contributed by atoms with van der Waals surface area (Å²) in [5.74, 6) is -0.347. The second-order valence-electron chi connectivity index (χ2n) is 8.30. The summed E-state index contributed by atoms with van der Waals surface area (Å²) in [5, 5.41) is 15.7. The lowest BCUT2D eigenvalue weighted by Crippen LogP contribution is -2.47. The van der Waals surface area contributed by atoms with Crippen LogP contribution in [0.1, 0.15) is 18.4 Å². The Morgan fingerprint density at radius 2 is 1.78 bits per heavy atom. The Hall–Kier alpha value is -3.43. The molecule has 0 bridgehead atoms. The fraction of sp³-hybridized carbons (Fsp3) is 0.304. The molecule has 0 atom stereocenters. The van der Waals surface area contributed by atoms with Crippen molar-refractivity contribution < 1.29 is 9.50 Å². The highest BCUT2D eigenvalue weighted by molar-refractivity contribution is 5.74. The van der Waals surface area contributed by atoms with E-state index in [1.807, 2.05) is 12.1 Å². The summed E-state index contributed by atoms with van der Waals surface area (Å²) in [6, 6.07) is 9.82. The van der Waals surface area contributed by atoms with Crippen LogP contribution in [0.15, 0.2) is 66.1 Å². The van der Waals surface area contributed by atoms with Gasteiger partial charge in [0.05, 0.1) is 24.0 Å². The number of nitrogens with zero attached hydrogens (tertiary/aromatic N) is 6. The maximum absolute atomic E-state index is 13.2. The van der Waals surface area contributed by atoms with Gasteiger partial charge in [-0.1, -0.05) is 0 Å². The van der Waals surface area contributed by atoms with E-state index in [0.717, 1.165) is 19.6 Å². The zero-order valence-corrected chi connectivity index (χ0v) is 17.4. The topological polar surface area (TPSA) is 89.1 Å². The molecular formula is C23H23FN6O2. The van der Waals surface area contributed by atoms with Crippen LogP contribution in [0.25, 0.3) is 16.7 Å². The number of pyridine rings is 1. The van der Waals surface area contributed by atoms with Gasteiger partial charge in [0.2, 0.25) is 0 Å². The molecule has 3 aromatic heterocycles. The van der Waals surface area contributed by atoms with E-state index >= 15 is 0 Å². The number of aliphatic hydroxyl groups is 1. The number of rotatable bonds is 5. The standard InChI is InChI=1S/C23H23FN6O2/c24-18-1-3-19(4-2-18)30-21-20(13-27-30)22(31)29(16-26-21)15-23(32)7-11-28(12-8-23)14-17-5-9-25-10-6-17/h1-6,9-10,13,16,32H,7-8,11-12,14-15H2. The number of halogens is 1. The molecule has 1 aliphatic heterocycles. The third kappa shape index (κ3) is 4.04. The first-order chi connectivity index (χ1) is 15.5. The Bertz CT molecular complexity index is 1280. The second kappa shape index (κ2) is 8.25. The molecule has 32 heavy (non-hydrogen) atoms. The number of piperidine rings is 1. The number of hydrogen-bond acceptors (Lipinski definition) is 6.